The van der Waals surface area contributed by atoms with Crippen molar-refractivity contribution >= 4 is 15.7 Å². The Morgan fingerprint density at radius 1 is 1.23 bits per heavy atom. The van der Waals surface area contributed by atoms with Crippen LogP contribution in [-0.4, -0.2) is 69.9 Å². The number of amides is 1. The highest BCUT2D eigenvalue weighted by atomic mass is 32.2. The van der Waals surface area contributed by atoms with Gasteiger partial charge in [-0.3, -0.25) is 4.79 Å². The first kappa shape index (κ1) is 20.6. The summed E-state index contributed by atoms with van der Waals surface area (Å²) in [6.45, 7) is 0.312. The topological polar surface area (TPSA) is 122 Å². The van der Waals surface area contributed by atoms with E-state index in [9.17, 15) is 23.4 Å². The lowest BCUT2D eigenvalue weighted by atomic mass is 9.86. The van der Waals surface area contributed by atoms with E-state index >= 15 is 0 Å². The fourth-order valence-corrected chi connectivity index (χ4v) is 3.67. The number of nitrogens with one attached hydrogen (secondary N) is 1. The van der Waals surface area contributed by atoms with Crippen molar-refractivity contribution in [3.8, 4) is 5.75 Å². The summed E-state index contributed by atoms with van der Waals surface area (Å²) in [6.07, 6.45) is -0.0795. The molecule has 0 radical (unpaired) electrons. The maximum atomic E-state index is 11.7. The van der Waals surface area contributed by atoms with Crippen LogP contribution in [0.4, 0.5) is 0 Å². The maximum absolute atomic E-state index is 11.7. The van der Waals surface area contributed by atoms with Crippen molar-refractivity contribution in [2.24, 2.45) is 5.41 Å². The number of sulfone groups is 1. The molecule has 1 amide bonds. The smallest absolute Gasteiger partial charge is 0.246 e. The summed E-state index contributed by atoms with van der Waals surface area (Å²) in [4.78, 5) is 11.8. The molecule has 0 bridgehead atoms. The quantitative estimate of drug-likeness (QED) is 0.561. The molecule has 3 N–H and O–H groups in total. The third-order valence-electron chi connectivity index (χ3n) is 4.46. The second-order valence-corrected chi connectivity index (χ2v) is 8.80. The van der Waals surface area contributed by atoms with Gasteiger partial charge < -0.3 is 25.0 Å². The largest absolute Gasteiger partial charge is 0.493 e. The van der Waals surface area contributed by atoms with Crippen molar-refractivity contribution in [1.29, 1.82) is 0 Å². The lowest BCUT2D eigenvalue weighted by molar-refractivity contribution is -0.125. The molecule has 0 aromatic heterocycles. The number of carbonyl (C=O) groups is 1. The monoisotopic (exact) mass is 387 g/mol. The Balaban J connectivity index is 2.04. The number of methoxy groups -OCH3 is 1. The zero-order chi connectivity index (χ0) is 19.4. The Labute approximate surface area is 153 Å². The molecule has 0 spiro atoms. The first-order valence-corrected chi connectivity index (χ1v) is 10.1. The van der Waals surface area contributed by atoms with Crippen molar-refractivity contribution in [1.82, 2.24) is 5.32 Å². The molecule has 1 aromatic carbocycles. The molecule has 1 aromatic rings. The molecule has 1 aliphatic rings. The van der Waals surface area contributed by atoms with Gasteiger partial charge >= 0.3 is 0 Å². The Bertz CT molecular complexity index is 707. The van der Waals surface area contributed by atoms with E-state index in [1.165, 1.54) is 19.2 Å². The van der Waals surface area contributed by atoms with Gasteiger partial charge in [-0.2, -0.15) is 0 Å². The van der Waals surface area contributed by atoms with Crippen LogP contribution >= 0.6 is 0 Å². The van der Waals surface area contributed by atoms with Crippen LogP contribution in [0.3, 0.4) is 0 Å². The van der Waals surface area contributed by atoms with Gasteiger partial charge in [0.15, 0.2) is 9.84 Å². The number of benzene rings is 1. The zero-order valence-corrected chi connectivity index (χ0v) is 15.7. The molecule has 2 unspecified atom stereocenters. The molecule has 146 valence electrons. The van der Waals surface area contributed by atoms with E-state index in [-0.39, 0.29) is 43.4 Å². The van der Waals surface area contributed by atoms with E-state index in [1.54, 1.807) is 12.1 Å². The van der Waals surface area contributed by atoms with Crippen LogP contribution in [-0.2, 0) is 19.4 Å². The van der Waals surface area contributed by atoms with Crippen molar-refractivity contribution < 1.29 is 32.9 Å². The molecule has 26 heavy (non-hydrogen) atoms. The zero-order valence-electron chi connectivity index (χ0n) is 14.8. The van der Waals surface area contributed by atoms with E-state index in [0.717, 1.165) is 6.26 Å². The molecule has 0 saturated heterocycles. The average molecular weight is 387 g/mol. The lowest BCUT2D eigenvalue weighted by Gasteiger charge is -2.29. The van der Waals surface area contributed by atoms with Gasteiger partial charge in [0.05, 0.1) is 23.7 Å². The van der Waals surface area contributed by atoms with E-state index in [4.69, 9.17) is 9.47 Å². The van der Waals surface area contributed by atoms with Crippen molar-refractivity contribution in [2.45, 2.75) is 29.9 Å². The third-order valence-corrected chi connectivity index (χ3v) is 5.59. The third kappa shape index (κ3) is 5.41. The first-order chi connectivity index (χ1) is 12.1. The van der Waals surface area contributed by atoms with Crippen LogP contribution in [0.15, 0.2) is 29.2 Å². The fraction of sp³-hybridized carbons (Fsp3) is 0.588. The van der Waals surface area contributed by atoms with E-state index < -0.39 is 27.5 Å². The lowest BCUT2D eigenvalue weighted by Crippen LogP contribution is -2.41. The number of aliphatic hydroxyl groups is 2. The average Bonchev–Trinajstić information content (AvgIpc) is 2.86. The summed E-state index contributed by atoms with van der Waals surface area (Å²) in [5.74, 6) is 0.177. The van der Waals surface area contributed by atoms with E-state index in [0.29, 0.717) is 5.75 Å². The minimum absolute atomic E-state index is 0.0744. The molecular formula is C17H25NO7S. The summed E-state index contributed by atoms with van der Waals surface area (Å²) in [6, 6.07) is 6.01. The SMILES string of the molecule is COCC(=O)NCC1(COc2ccc(S(C)(=O)=O)cc2)CC(O)C(O)C1. The van der Waals surface area contributed by atoms with Crippen LogP contribution < -0.4 is 10.1 Å². The summed E-state index contributed by atoms with van der Waals surface area (Å²) < 4.78 is 33.5. The Morgan fingerprint density at radius 3 is 2.31 bits per heavy atom. The molecule has 2 rings (SSSR count). The second-order valence-electron chi connectivity index (χ2n) is 6.78. The van der Waals surface area contributed by atoms with Crippen molar-refractivity contribution in [2.75, 3.05) is 33.1 Å². The van der Waals surface area contributed by atoms with Gasteiger partial charge in [0, 0.05) is 25.3 Å². The minimum Gasteiger partial charge on any atom is -0.493 e. The molecule has 0 aliphatic heterocycles. The Hall–Kier alpha value is -1.68. The molecule has 9 heteroatoms. The second kappa shape index (κ2) is 8.34. The van der Waals surface area contributed by atoms with Gasteiger partial charge in [0.2, 0.25) is 5.91 Å². The van der Waals surface area contributed by atoms with Gasteiger partial charge in [0.25, 0.3) is 0 Å². The van der Waals surface area contributed by atoms with Crippen LogP contribution in [0, 0.1) is 5.41 Å². The van der Waals surface area contributed by atoms with E-state index in [1.807, 2.05) is 0 Å². The predicted molar refractivity (Wildman–Crippen MR) is 93.6 cm³/mol. The van der Waals surface area contributed by atoms with Gasteiger partial charge in [-0.15, -0.1) is 0 Å². The number of hydrogen-bond donors (Lipinski definition) is 3. The summed E-state index contributed by atoms with van der Waals surface area (Å²) in [5.41, 5.74) is -0.627. The Morgan fingerprint density at radius 2 is 1.81 bits per heavy atom. The number of hydrogen-bond acceptors (Lipinski definition) is 7. The highest BCUT2D eigenvalue weighted by Gasteiger charge is 2.45. The highest BCUT2D eigenvalue weighted by molar-refractivity contribution is 7.90. The van der Waals surface area contributed by atoms with Crippen LogP contribution in [0.25, 0.3) is 0 Å². The van der Waals surface area contributed by atoms with E-state index in [2.05, 4.69) is 5.32 Å². The first-order valence-electron chi connectivity index (χ1n) is 8.20. The minimum atomic E-state index is -3.28. The Kier molecular flexibility index (Phi) is 6.62. The van der Waals surface area contributed by atoms with Crippen molar-refractivity contribution in [3.63, 3.8) is 0 Å². The van der Waals surface area contributed by atoms with Gasteiger partial charge in [-0.1, -0.05) is 0 Å². The van der Waals surface area contributed by atoms with Gasteiger partial charge in [-0.25, -0.2) is 8.42 Å². The fourth-order valence-electron chi connectivity index (χ4n) is 3.04. The molecular weight excluding hydrogens is 362 g/mol. The van der Waals surface area contributed by atoms with Gasteiger partial charge in [-0.05, 0) is 37.1 Å². The van der Waals surface area contributed by atoms with Crippen LogP contribution in [0.2, 0.25) is 0 Å². The predicted octanol–water partition coefficient (Wildman–Crippen LogP) is -0.266. The van der Waals surface area contributed by atoms with Crippen LogP contribution in [0.5, 0.6) is 5.75 Å². The number of ether oxygens (including phenoxy) is 2. The van der Waals surface area contributed by atoms with Crippen molar-refractivity contribution in [3.05, 3.63) is 24.3 Å². The summed E-state index contributed by atoms with van der Waals surface area (Å²) in [7, 11) is -1.86. The molecule has 0 heterocycles. The number of rotatable bonds is 8. The molecule has 1 fully saturated rings. The number of carbonyl (C=O) groups excluding carboxylic acids is 1. The number of aliphatic hydroxyl groups excluding tert-OH is 2. The molecule has 1 saturated carbocycles. The normalized spacial score (nSPS) is 25.8. The highest BCUT2D eigenvalue weighted by Crippen LogP contribution is 2.38. The maximum Gasteiger partial charge on any atom is 0.246 e. The molecule has 2 atom stereocenters. The summed E-state index contributed by atoms with van der Waals surface area (Å²) >= 11 is 0. The standard InChI is InChI=1S/C17H25NO7S/c1-24-9-16(21)18-10-17(7-14(19)15(20)8-17)11-25-12-3-5-13(6-4-12)26(2,22)23/h3-6,14-15,19-20H,7-11H2,1-2H3,(H,18,21). The summed E-state index contributed by atoms with van der Waals surface area (Å²) in [5, 5.41) is 22.6. The molecule has 8 nitrogen and oxygen atoms in total. The molecule has 1 aliphatic carbocycles. The van der Waals surface area contributed by atoms with Crippen LogP contribution in [0.1, 0.15) is 12.8 Å². The van der Waals surface area contributed by atoms with Gasteiger partial charge in [0.1, 0.15) is 12.4 Å².